The van der Waals surface area contributed by atoms with Crippen molar-refractivity contribution in [2.75, 3.05) is 26.4 Å². The molecule has 2 aliphatic heterocycles. The highest BCUT2D eigenvalue weighted by Crippen LogP contribution is 2.69. The van der Waals surface area contributed by atoms with Crippen LogP contribution in [0.4, 0.5) is 0 Å². The van der Waals surface area contributed by atoms with Crippen molar-refractivity contribution >= 4 is 0 Å². The first-order valence-corrected chi connectivity index (χ1v) is 11.3. The van der Waals surface area contributed by atoms with Crippen LogP contribution in [-0.2, 0) is 18.9 Å². The molecule has 0 aromatic heterocycles. The quantitative estimate of drug-likeness (QED) is 0.643. The van der Waals surface area contributed by atoms with Gasteiger partial charge in [0.2, 0.25) is 0 Å². The van der Waals surface area contributed by atoms with Crippen LogP contribution < -0.4 is 0 Å². The SMILES string of the molecule is C[C@]12CCC3(CC1=CC[C@@H]1[C@@H]2[C@@H](O)C[C@@]2(C)[C@H]1CCC21OCCO1)OCCO3. The maximum Gasteiger partial charge on any atom is 0.174 e. The Kier molecular flexibility index (Phi) is 3.81. The first kappa shape index (κ1) is 18.3. The number of ether oxygens (including phenoxy) is 4. The molecule has 0 amide bonds. The fourth-order valence-electron chi connectivity index (χ4n) is 8.36. The number of hydrogen-bond donors (Lipinski definition) is 1. The second kappa shape index (κ2) is 5.82. The highest BCUT2D eigenvalue weighted by molar-refractivity contribution is 5.28. The van der Waals surface area contributed by atoms with Gasteiger partial charge in [-0.1, -0.05) is 25.5 Å². The van der Waals surface area contributed by atoms with Crippen LogP contribution in [0.25, 0.3) is 0 Å². The second-order valence-corrected chi connectivity index (χ2v) is 10.6. The van der Waals surface area contributed by atoms with Gasteiger partial charge >= 0.3 is 0 Å². The van der Waals surface area contributed by atoms with Crippen molar-refractivity contribution in [2.24, 2.45) is 28.6 Å². The van der Waals surface area contributed by atoms with Crippen molar-refractivity contribution in [3.8, 4) is 0 Å². The van der Waals surface area contributed by atoms with Gasteiger partial charge in [0, 0.05) is 24.7 Å². The molecule has 6 aliphatic rings. The van der Waals surface area contributed by atoms with Crippen molar-refractivity contribution in [3.63, 3.8) is 0 Å². The lowest BCUT2D eigenvalue weighted by molar-refractivity contribution is -0.258. The topological polar surface area (TPSA) is 57.2 Å². The normalized spacial score (nSPS) is 51.0. The molecular formula is C23H34O5. The van der Waals surface area contributed by atoms with E-state index in [1.54, 1.807) is 0 Å². The first-order valence-electron chi connectivity index (χ1n) is 11.3. The Balaban J connectivity index is 1.35. The molecule has 5 nitrogen and oxygen atoms in total. The second-order valence-electron chi connectivity index (χ2n) is 10.6. The van der Waals surface area contributed by atoms with E-state index in [0.29, 0.717) is 44.2 Å². The van der Waals surface area contributed by atoms with Crippen LogP contribution in [0.3, 0.4) is 0 Å². The number of rotatable bonds is 0. The van der Waals surface area contributed by atoms with E-state index in [9.17, 15) is 5.11 Å². The molecule has 0 aromatic carbocycles. The Hall–Kier alpha value is -0.460. The lowest BCUT2D eigenvalue weighted by Crippen LogP contribution is -2.60. The van der Waals surface area contributed by atoms with Gasteiger partial charge in [0.15, 0.2) is 11.6 Å². The molecule has 156 valence electrons. The molecular weight excluding hydrogens is 356 g/mol. The van der Waals surface area contributed by atoms with E-state index in [-0.39, 0.29) is 16.9 Å². The van der Waals surface area contributed by atoms with E-state index in [1.165, 1.54) is 5.57 Å². The number of aliphatic hydroxyl groups is 1. The molecule has 5 heteroatoms. The third-order valence-corrected chi connectivity index (χ3v) is 9.66. The summed E-state index contributed by atoms with van der Waals surface area (Å²) in [6.07, 6.45) is 9.00. The maximum atomic E-state index is 11.5. The van der Waals surface area contributed by atoms with E-state index in [2.05, 4.69) is 19.9 Å². The van der Waals surface area contributed by atoms with Gasteiger partial charge in [0.05, 0.1) is 32.5 Å². The van der Waals surface area contributed by atoms with Crippen LogP contribution in [0.5, 0.6) is 0 Å². The molecule has 2 saturated heterocycles. The summed E-state index contributed by atoms with van der Waals surface area (Å²) in [5.41, 5.74) is 1.43. The molecule has 6 atom stereocenters. The highest BCUT2D eigenvalue weighted by Gasteiger charge is 2.69. The fourth-order valence-corrected chi connectivity index (χ4v) is 8.36. The average Bonchev–Trinajstić information content (AvgIpc) is 3.38. The van der Waals surface area contributed by atoms with Gasteiger partial charge < -0.3 is 24.1 Å². The molecule has 28 heavy (non-hydrogen) atoms. The van der Waals surface area contributed by atoms with Crippen molar-refractivity contribution in [1.82, 2.24) is 0 Å². The molecule has 3 saturated carbocycles. The van der Waals surface area contributed by atoms with Gasteiger partial charge in [-0.05, 0) is 48.9 Å². The summed E-state index contributed by atoms with van der Waals surface area (Å²) in [7, 11) is 0. The summed E-state index contributed by atoms with van der Waals surface area (Å²) in [6.45, 7) is 7.53. The monoisotopic (exact) mass is 390 g/mol. The van der Waals surface area contributed by atoms with Gasteiger partial charge in [-0.25, -0.2) is 0 Å². The first-order chi connectivity index (χ1) is 13.4. The minimum atomic E-state index is -0.462. The van der Waals surface area contributed by atoms with Gasteiger partial charge in [-0.15, -0.1) is 0 Å². The maximum absolute atomic E-state index is 11.5. The molecule has 2 spiro atoms. The van der Waals surface area contributed by atoms with E-state index >= 15 is 0 Å². The highest BCUT2D eigenvalue weighted by atomic mass is 16.7. The summed E-state index contributed by atoms with van der Waals surface area (Å²) in [4.78, 5) is 0. The number of fused-ring (bicyclic) bond motifs is 6. The summed E-state index contributed by atoms with van der Waals surface area (Å²) in [5, 5.41) is 11.5. The van der Waals surface area contributed by atoms with Gasteiger partial charge in [-0.2, -0.15) is 0 Å². The Morgan fingerprint density at radius 2 is 1.68 bits per heavy atom. The van der Waals surface area contributed by atoms with Crippen LogP contribution in [0.1, 0.15) is 58.8 Å². The molecule has 0 unspecified atom stereocenters. The standard InChI is InChI=1S/C23H34O5/c1-20-7-8-22(25-9-10-26-22)13-15(20)3-4-16-17-5-6-23(27-11-12-28-23)21(17,2)14-18(24)19(16)20/h3,16-19,24H,4-14H2,1-2H3/t16-,17-,18-,19+,20-,21-/m0/s1. The summed E-state index contributed by atoms with van der Waals surface area (Å²) in [6, 6.07) is 0. The Morgan fingerprint density at radius 3 is 2.43 bits per heavy atom. The zero-order chi connectivity index (χ0) is 19.2. The van der Waals surface area contributed by atoms with E-state index in [4.69, 9.17) is 18.9 Å². The van der Waals surface area contributed by atoms with Crippen LogP contribution in [-0.4, -0.2) is 49.2 Å². The van der Waals surface area contributed by atoms with Gasteiger partial charge in [0.1, 0.15) is 0 Å². The third-order valence-electron chi connectivity index (χ3n) is 9.66. The lowest BCUT2D eigenvalue weighted by atomic mass is 9.46. The van der Waals surface area contributed by atoms with Crippen molar-refractivity contribution in [2.45, 2.75) is 76.5 Å². The molecule has 2 heterocycles. The van der Waals surface area contributed by atoms with Crippen molar-refractivity contribution in [3.05, 3.63) is 11.6 Å². The van der Waals surface area contributed by atoms with Gasteiger partial charge in [0.25, 0.3) is 0 Å². The largest absolute Gasteiger partial charge is 0.393 e. The zero-order valence-electron chi connectivity index (χ0n) is 17.2. The van der Waals surface area contributed by atoms with Crippen LogP contribution in [0, 0.1) is 28.6 Å². The average molecular weight is 391 g/mol. The Labute approximate surface area is 167 Å². The van der Waals surface area contributed by atoms with Crippen molar-refractivity contribution in [1.29, 1.82) is 0 Å². The number of allylic oxidation sites excluding steroid dienone is 1. The number of hydrogen-bond acceptors (Lipinski definition) is 5. The summed E-state index contributed by atoms with van der Waals surface area (Å²) < 4.78 is 24.5. The van der Waals surface area contributed by atoms with Crippen molar-refractivity contribution < 1.29 is 24.1 Å². The smallest absolute Gasteiger partial charge is 0.174 e. The molecule has 5 fully saturated rings. The van der Waals surface area contributed by atoms with Gasteiger partial charge in [-0.3, -0.25) is 0 Å². The third kappa shape index (κ3) is 2.15. The zero-order valence-corrected chi connectivity index (χ0v) is 17.2. The minimum Gasteiger partial charge on any atom is -0.393 e. The molecule has 0 bridgehead atoms. The molecule has 4 aliphatic carbocycles. The van der Waals surface area contributed by atoms with E-state index < -0.39 is 11.6 Å². The Bertz CT molecular complexity index is 691. The molecule has 0 radical (unpaired) electrons. The molecule has 6 rings (SSSR count). The predicted molar refractivity (Wildman–Crippen MR) is 102 cm³/mol. The Morgan fingerprint density at radius 1 is 0.964 bits per heavy atom. The van der Waals surface area contributed by atoms with E-state index in [1.807, 2.05) is 0 Å². The minimum absolute atomic E-state index is 0.0529. The van der Waals surface area contributed by atoms with Crippen LogP contribution in [0.15, 0.2) is 11.6 Å². The predicted octanol–water partition coefficient (Wildman–Crippen LogP) is 3.41. The molecule has 1 N–H and O–H groups in total. The van der Waals surface area contributed by atoms with Crippen LogP contribution >= 0.6 is 0 Å². The fraction of sp³-hybridized carbons (Fsp3) is 0.913. The number of aliphatic hydroxyl groups excluding tert-OH is 1. The lowest BCUT2D eigenvalue weighted by Gasteiger charge is -2.61. The van der Waals surface area contributed by atoms with Crippen LogP contribution in [0.2, 0.25) is 0 Å². The summed E-state index contributed by atoms with van der Waals surface area (Å²) >= 11 is 0. The van der Waals surface area contributed by atoms with E-state index in [0.717, 1.165) is 44.9 Å². The molecule has 0 aromatic rings. The summed E-state index contributed by atoms with van der Waals surface area (Å²) in [5.74, 6) is 0.532.